The summed E-state index contributed by atoms with van der Waals surface area (Å²) >= 11 is 0. The summed E-state index contributed by atoms with van der Waals surface area (Å²) in [4.78, 5) is 26.2. The first-order valence-corrected chi connectivity index (χ1v) is 8.93. The lowest BCUT2D eigenvalue weighted by Crippen LogP contribution is -2.32. The van der Waals surface area contributed by atoms with E-state index in [0.717, 1.165) is 17.7 Å². The number of fused-ring (bicyclic) bond motifs is 1. The molecule has 1 aliphatic heterocycles. The van der Waals surface area contributed by atoms with Crippen LogP contribution in [0.2, 0.25) is 0 Å². The van der Waals surface area contributed by atoms with Crippen LogP contribution >= 0.6 is 0 Å². The van der Waals surface area contributed by atoms with E-state index < -0.39 is 0 Å². The molecule has 0 aliphatic carbocycles. The minimum absolute atomic E-state index is 0.0429. The molecule has 0 bridgehead atoms. The number of halogens is 1. The second-order valence-corrected chi connectivity index (χ2v) is 6.88. The molecule has 0 unspecified atom stereocenters. The van der Waals surface area contributed by atoms with Crippen molar-refractivity contribution in [3.63, 3.8) is 0 Å². The van der Waals surface area contributed by atoms with Gasteiger partial charge in [-0.3, -0.25) is 9.59 Å². The quantitative estimate of drug-likeness (QED) is 0.884. The summed E-state index contributed by atoms with van der Waals surface area (Å²) in [5.74, 6) is -0.363. The van der Waals surface area contributed by atoms with Crippen molar-refractivity contribution in [3.8, 4) is 0 Å². The van der Waals surface area contributed by atoms with Crippen LogP contribution in [0.5, 0.6) is 0 Å². The molecule has 136 valence electrons. The fourth-order valence-corrected chi connectivity index (χ4v) is 3.19. The standard InChI is InChI=1S/C21H23FN2O2/c1-14(2)21(26)24-12-11-16-13-17(8-9-19(16)24)23-20(25)10-7-15-5-3-4-6-18(15)22/h3-6,8-9,13-14H,7,10-12H2,1-2H3,(H,23,25). The van der Waals surface area contributed by atoms with Gasteiger partial charge in [0.25, 0.3) is 0 Å². The first kappa shape index (κ1) is 18.1. The minimum atomic E-state index is -0.284. The van der Waals surface area contributed by atoms with Gasteiger partial charge in [0, 0.05) is 30.3 Å². The molecular weight excluding hydrogens is 331 g/mol. The van der Waals surface area contributed by atoms with Crippen molar-refractivity contribution in [3.05, 3.63) is 59.4 Å². The zero-order valence-corrected chi connectivity index (χ0v) is 15.1. The van der Waals surface area contributed by atoms with E-state index in [1.54, 1.807) is 18.2 Å². The first-order chi connectivity index (χ1) is 12.5. The van der Waals surface area contributed by atoms with Gasteiger partial charge in [0.2, 0.25) is 11.8 Å². The first-order valence-electron chi connectivity index (χ1n) is 8.93. The average molecular weight is 354 g/mol. The van der Waals surface area contributed by atoms with E-state index in [2.05, 4.69) is 5.32 Å². The summed E-state index contributed by atoms with van der Waals surface area (Å²) < 4.78 is 13.6. The van der Waals surface area contributed by atoms with Gasteiger partial charge in [-0.05, 0) is 48.2 Å². The van der Waals surface area contributed by atoms with E-state index >= 15 is 0 Å². The number of nitrogens with one attached hydrogen (secondary N) is 1. The molecule has 3 rings (SSSR count). The Morgan fingerprint density at radius 1 is 1.19 bits per heavy atom. The van der Waals surface area contributed by atoms with Crippen molar-refractivity contribution in [2.45, 2.75) is 33.1 Å². The Morgan fingerprint density at radius 3 is 2.69 bits per heavy atom. The average Bonchev–Trinajstić information content (AvgIpc) is 3.03. The molecule has 5 heteroatoms. The fourth-order valence-electron chi connectivity index (χ4n) is 3.19. The number of anilines is 2. The molecule has 0 saturated carbocycles. The van der Waals surface area contributed by atoms with Crippen molar-refractivity contribution in [2.75, 3.05) is 16.8 Å². The molecule has 0 aromatic heterocycles. The summed E-state index contributed by atoms with van der Waals surface area (Å²) in [7, 11) is 0. The van der Waals surface area contributed by atoms with Gasteiger partial charge < -0.3 is 10.2 Å². The SMILES string of the molecule is CC(C)C(=O)N1CCc2cc(NC(=O)CCc3ccccc3F)ccc21. The van der Waals surface area contributed by atoms with Crippen molar-refractivity contribution >= 4 is 23.2 Å². The Balaban J connectivity index is 1.62. The maximum Gasteiger partial charge on any atom is 0.229 e. The van der Waals surface area contributed by atoms with E-state index in [4.69, 9.17) is 0 Å². The third-order valence-electron chi connectivity index (χ3n) is 4.60. The molecule has 0 fully saturated rings. The molecule has 0 radical (unpaired) electrons. The molecule has 2 aromatic rings. The van der Waals surface area contributed by atoms with Crippen molar-refractivity contribution in [1.82, 2.24) is 0 Å². The minimum Gasteiger partial charge on any atom is -0.326 e. The van der Waals surface area contributed by atoms with Crippen molar-refractivity contribution in [1.29, 1.82) is 0 Å². The van der Waals surface area contributed by atoms with Crippen LogP contribution in [0.4, 0.5) is 15.8 Å². The Labute approximate surface area is 153 Å². The molecule has 0 spiro atoms. The summed E-state index contributed by atoms with van der Waals surface area (Å²) in [6, 6.07) is 12.1. The zero-order valence-electron chi connectivity index (χ0n) is 15.1. The summed E-state index contributed by atoms with van der Waals surface area (Å²) in [6.07, 6.45) is 1.36. The Morgan fingerprint density at radius 2 is 1.96 bits per heavy atom. The van der Waals surface area contributed by atoms with Gasteiger partial charge in [0.05, 0.1) is 0 Å². The normalized spacial score (nSPS) is 13.0. The van der Waals surface area contributed by atoms with Gasteiger partial charge in [-0.15, -0.1) is 0 Å². The third-order valence-corrected chi connectivity index (χ3v) is 4.60. The number of carbonyl (C=O) groups excluding carboxylic acids is 2. The topological polar surface area (TPSA) is 49.4 Å². The number of hydrogen-bond donors (Lipinski definition) is 1. The molecular formula is C21H23FN2O2. The van der Waals surface area contributed by atoms with Crippen LogP contribution in [-0.2, 0) is 22.4 Å². The molecule has 2 aromatic carbocycles. The Bertz CT molecular complexity index is 833. The largest absolute Gasteiger partial charge is 0.326 e. The third kappa shape index (κ3) is 3.93. The van der Waals surface area contributed by atoms with Crippen LogP contribution in [0, 0.1) is 11.7 Å². The highest BCUT2D eigenvalue weighted by molar-refractivity contribution is 5.97. The summed E-state index contributed by atoms with van der Waals surface area (Å²) in [5.41, 5.74) is 3.24. The molecule has 1 aliphatic rings. The number of nitrogens with zero attached hydrogens (tertiary/aromatic N) is 1. The van der Waals surface area contributed by atoms with Gasteiger partial charge in [-0.25, -0.2) is 4.39 Å². The van der Waals surface area contributed by atoms with Crippen LogP contribution in [0.15, 0.2) is 42.5 Å². The lowest BCUT2D eigenvalue weighted by atomic mass is 10.1. The van der Waals surface area contributed by atoms with E-state index in [1.807, 2.05) is 36.9 Å². The highest BCUT2D eigenvalue weighted by Crippen LogP contribution is 2.31. The summed E-state index contributed by atoms with van der Waals surface area (Å²) in [6.45, 7) is 4.46. The van der Waals surface area contributed by atoms with Gasteiger partial charge >= 0.3 is 0 Å². The highest BCUT2D eigenvalue weighted by Gasteiger charge is 2.26. The van der Waals surface area contributed by atoms with Crippen LogP contribution in [0.3, 0.4) is 0 Å². The smallest absolute Gasteiger partial charge is 0.229 e. The predicted octanol–water partition coefficient (Wildman–Crippen LogP) is 3.94. The van der Waals surface area contributed by atoms with Gasteiger partial charge in [0.1, 0.15) is 5.82 Å². The number of aryl methyl sites for hydroxylation is 1. The summed E-state index contributed by atoms with van der Waals surface area (Å²) in [5, 5.41) is 2.86. The molecule has 2 amide bonds. The molecule has 1 N–H and O–H groups in total. The molecule has 0 saturated heterocycles. The Hall–Kier alpha value is -2.69. The second kappa shape index (κ2) is 7.68. The van der Waals surface area contributed by atoms with Crippen molar-refractivity contribution in [2.24, 2.45) is 5.92 Å². The highest BCUT2D eigenvalue weighted by atomic mass is 19.1. The monoisotopic (exact) mass is 354 g/mol. The number of benzene rings is 2. The van der Waals surface area contributed by atoms with E-state index in [0.29, 0.717) is 24.2 Å². The number of rotatable bonds is 5. The lowest BCUT2D eigenvalue weighted by Gasteiger charge is -2.19. The van der Waals surface area contributed by atoms with Crippen LogP contribution in [0.1, 0.15) is 31.4 Å². The van der Waals surface area contributed by atoms with E-state index in [1.165, 1.54) is 6.07 Å². The fraction of sp³-hybridized carbons (Fsp3) is 0.333. The zero-order chi connectivity index (χ0) is 18.7. The van der Waals surface area contributed by atoms with Gasteiger partial charge in [-0.2, -0.15) is 0 Å². The number of carbonyl (C=O) groups is 2. The maximum absolute atomic E-state index is 13.6. The van der Waals surface area contributed by atoms with E-state index in [9.17, 15) is 14.0 Å². The molecule has 26 heavy (non-hydrogen) atoms. The number of hydrogen-bond acceptors (Lipinski definition) is 2. The van der Waals surface area contributed by atoms with Crippen LogP contribution in [-0.4, -0.2) is 18.4 Å². The van der Waals surface area contributed by atoms with E-state index in [-0.39, 0.29) is 30.0 Å². The Kier molecular flexibility index (Phi) is 5.35. The lowest BCUT2D eigenvalue weighted by molar-refractivity contribution is -0.121. The van der Waals surface area contributed by atoms with Crippen LogP contribution in [0.25, 0.3) is 0 Å². The molecule has 0 atom stereocenters. The predicted molar refractivity (Wildman–Crippen MR) is 101 cm³/mol. The number of amides is 2. The molecule has 1 heterocycles. The van der Waals surface area contributed by atoms with Gasteiger partial charge in [0.15, 0.2) is 0 Å². The van der Waals surface area contributed by atoms with Crippen molar-refractivity contribution < 1.29 is 14.0 Å². The molecule has 4 nitrogen and oxygen atoms in total. The van der Waals surface area contributed by atoms with Gasteiger partial charge in [-0.1, -0.05) is 32.0 Å². The maximum atomic E-state index is 13.6. The second-order valence-electron chi connectivity index (χ2n) is 6.88. The van der Waals surface area contributed by atoms with Crippen LogP contribution < -0.4 is 10.2 Å².